The molecule has 1 heterocycles. The summed E-state index contributed by atoms with van der Waals surface area (Å²) in [6.07, 6.45) is 1.60. The molecular formula is C31H23F2N. The number of halogens is 2. The largest absolute Gasteiger partial charge is 0.256 e. The third kappa shape index (κ3) is 4.25. The number of hydrogen-bond donors (Lipinski definition) is 0. The molecule has 166 valence electrons. The number of rotatable bonds is 4. The number of hydrogen-bond acceptors (Lipinski definition) is 1. The minimum atomic E-state index is -0.616. The molecule has 0 N–H and O–H groups in total. The fourth-order valence-corrected chi connectivity index (χ4v) is 4.13. The predicted molar refractivity (Wildman–Crippen MR) is 135 cm³/mol. The van der Waals surface area contributed by atoms with Crippen molar-refractivity contribution in [3.63, 3.8) is 0 Å². The predicted octanol–water partition coefficient (Wildman–Crippen LogP) is 8.64. The van der Waals surface area contributed by atoms with Crippen LogP contribution in [-0.4, -0.2) is 4.98 Å². The Morgan fingerprint density at radius 1 is 0.559 bits per heavy atom. The lowest BCUT2D eigenvalue weighted by molar-refractivity contribution is 0.591. The van der Waals surface area contributed by atoms with E-state index in [1.165, 1.54) is 12.1 Å². The molecule has 5 aromatic rings. The van der Waals surface area contributed by atoms with Crippen molar-refractivity contribution in [2.45, 2.75) is 13.8 Å². The normalized spacial score (nSPS) is 10.9. The summed E-state index contributed by atoms with van der Waals surface area (Å²) in [5.41, 5.74) is 7.25. The molecule has 4 aromatic carbocycles. The van der Waals surface area contributed by atoms with Gasteiger partial charge in [-0.05, 0) is 84.1 Å². The molecule has 0 radical (unpaired) electrons. The lowest BCUT2D eigenvalue weighted by atomic mass is 9.91. The number of benzene rings is 4. The van der Waals surface area contributed by atoms with Gasteiger partial charge in [-0.3, -0.25) is 4.98 Å². The average molecular weight is 448 g/mol. The van der Waals surface area contributed by atoms with Crippen molar-refractivity contribution in [2.24, 2.45) is 0 Å². The maximum Gasteiger partial charge on any atom is 0.143 e. The van der Waals surface area contributed by atoms with Crippen LogP contribution in [0.5, 0.6) is 0 Å². The molecule has 0 unspecified atom stereocenters. The van der Waals surface area contributed by atoms with Crippen LogP contribution in [0.15, 0.2) is 103 Å². The Hall–Kier alpha value is -4.11. The molecule has 34 heavy (non-hydrogen) atoms. The average Bonchev–Trinajstić information content (AvgIpc) is 2.85. The zero-order valence-electron chi connectivity index (χ0n) is 19.0. The van der Waals surface area contributed by atoms with Crippen molar-refractivity contribution in [1.82, 2.24) is 4.98 Å². The highest BCUT2D eigenvalue weighted by Crippen LogP contribution is 2.37. The van der Waals surface area contributed by atoms with E-state index in [2.05, 4.69) is 11.1 Å². The first kappa shape index (κ1) is 21.7. The third-order valence-corrected chi connectivity index (χ3v) is 6.02. The van der Waals surface area contributed by atoms with Gasteiger partial charge in [0.05, 0.1) is 11.3 Å². The third-order valence-electron chi connectivity index (χ3n) is 6.02. The second-order valence-corrected chi connectivity index (χ2v) is 8.53. The van der Waals surface area contributed by atoms with E-state index < -0.39 is 11.6 Å². The van der Waals surface area contributed by atoms with Crippen LogP contribution in [0.1, 0.15) is 11.1 Å². The number of nitrogens with zero attached hydrogens (tertiary/aromatic N) is 1. The van der Waals surface area contributed by atoms with Gasteiger partial charge in [-0.15, -0.1) is 0 Å². The Kier molecular flexibility index (Phi) is 5.77. The van der Waals surface area contributed by atoms with Crippen LogP contribution in [0.4, 0.5) is 8.78 Å². The molecule has 0 fully saturated rings. The van der Waals surface area contributed by atoms with Crippen molar-refractivity contribution >= 4 is 0 Å². The van der Waals surface area contributed by atoms with E-state index in [1.807, 2.05) is 74.5 Å². The molecule has 5 rings (SSSR count). The van der Waals surface area contributed by atoms with E-state index in [0.29, 0.717) is 11.3 Å². The summed E-state index contributed by atoms with van der Waals surface area (Å²) in [7, 11) is 0. The molecule has 3 heteroatoms. The summed E-state index contributed by atoms with van der Waals surface area (Å²) in [5, 5.41) is 0. The highest BCUT2D eigenvalue weighted by molar-refractivity contribution is 5.83. The summed E-state index contributed by atoms with van der Waals surface area (Å²) in [4.78, 5) is 4.26. The zero-order chi connectivity index (χ0) is 23.7. The number of aryl methyl sites for hydroxylation is 2. The smallest absolute Gasteiger partial charge is 0.143 e. The van der Waals surface area contributed by atoms with Gasteiger partial charge in [0.1, 0.15) is 11.6 Å². The first-order valence-electron chi connectivity index (χ1n) is 11.2. The summed E-state index contributed by atoms with van der Waals surface area (Å²) < 4.78 is 30.9. The van der Waals surface area contributed by atoms with Crippen LogP contribution in [-0.2, 0) is 0 Å². The van der Waals surface area contributed by atoms with Crippen molar-refractivity contribution < 1.29 is 8.78 Å². The van der Waals surface area contributed by atoms with E-state index in [-0.39, 0.29) is 11.1 Å². The summed E-state index contributed by atoms with van der Waals surface area (Å²) in [6, 6.07) is 30.1. The topological polar surface area (TPSA) is 12.9 Å². The molecule has 0 spiro atoms. The van der Waals surface area contributed by atoms with E-state index in [0.717, 1.165) is 33.4 Å². The van der Waals surface area contributed by atoms with Crippen molar-refractivity contribution in [1.29, 1.82) is 0 Å². The van der Waals surface area contributed by atoms with Gasteiger partial charge in [-0.25, -0.2) is 8.78 Å². The molecule has 0 bridgehead atoms. The number of aromatic nitrogens is 1. The molecule has 1 nitrogen and oxygen atoms in total. The molecule has 0 amide bonds. The second kappa shape index (κ2) is 9.03. The molecule has 0 saturated carbocycles. The molecule has 1 aromatic heterocycles. The molecule has 0 atom stereocenters. The van der Waals surface area contributed by atoms with Crippen LogP contribution in [0.25, 0.3) is 44.6 Å². The molecule has 0 aliphatic carbocycles. The fourth-order valence-electron chi connectivity index (χ4n) is 4.13. The van der Waals surface area contributed by atoms with Gasteiger partial charge in [-0.1, -0.05) is 65.7 Å². The van der Waals surface area contributed by atoms with Gasteiger partial charge < -0.3 is 0 Å². The lowest BCUT2D eigenvalue weighted by Crippen LogP contribution is -1.96. The molecular weight excluding hydrogens is 424 g/mol. The van der Waals surface area contributed by atoms with Gasteiger partial charge in [0.25, 0.3) is 0 Å². The minimum Gasteiger partial charge on any atom is -0.256 e. The van der Waals surface area contributed by atoms with Crippen LogP contribution < -0.4 is 0 Å². The first-order chi connectivity index (χ1) is 16.5. The van der Waals surface area contributed by atoms with Crippen molar-refractivity contribution in [3.05, 3.63) is 126 Å². The quantitative estimate of drug-likeness (QED) is 0.269. The van der Waals surface area contributed by atoms with Crippen molar-refractivity contribution in [3.8, 4) is 44.6 Å². The summed E-state index contributed by atoms with van der Waals surface area (Å²) in [6.45, 7) is 4.07. The Morgan fingerprint density at radius 2 is 1.12 bits per heavy atom. The van der Waals surface area contributed by atoms with Crippen molar-refractivity contribution in [2.75, 3.05) is 0 Å². The van der Waals surface area contributed by atoms with E-state index in [4.69, 9.17) is 0 Å². The molecule has 0 aliphatic rings. The van der Waals surface area contributed by atoms with Gasteiger partial charge in [-0.2, -0.15) is 0 Å². The lowest BCUT2D eigenvalue weighted by Gasteiger charge is -2.14. The molecule has 0 saturated heterocycles. The Bertz CT molecular complexity index is 1390. The SMILES string of the molecule is Cc1ccc(-c2cc(-c3ccc(C)cc3)cc(-c3c(F)ccc(-c4ccccn4)c3F)c2)cc1. The van der Waals surface area contributed by atoms with Gasteiger partial charge in [0.15, 0.2) is 0 Å². The summed E-state index contributed by atoms with van der Waals surface area (Å²) in [5.74, 6) is -1.22. The zero-order valence-corrected chi connectivity index (χ0v) is 19.0. The van der Waals surface area contributed by atoms with E-state index in [9.17, 15) is 0 Å². The minimum absolute atomic E-state index is 0.0505. The van der Waals surface area contributed by atoms with Crippen LogP contribution in [0, 0.1) is 25.5 Å². The number of pyridine rings is 1. The highest BCUT2D eigenvalue weighted by atomic mass is 19.1. The van der Waals surface area contributed by atoms with Gasteiger partial charge in [0.2, 0.25) is 0 Å². The van der Waals surface area contributed by atoms with Crippen LogP contribution in [0.2, 0.25) is 0 Å². The van der Waals surface area contributed by atoms with E-state index >= 15 is 8.78 Å². The van der Waals surface area contributed by atoms with Gasteiger partial charge >= 0.3 is 0 Å². The van der Waals surface area contributed by atoms with E-state index in [1.54, 1.807) is 24.4 Å². The standard InChI is InChI=1S/C31H23F2N/c1-20-6-10-22(11-7-20)24-17-25(23-12-8-21(2)9-13-23)19-26(18-24)30-28(32)15-14-27(31(30)33)29-5-3-4-16-34-29/h3-19H,1-2H3. The van der Waals surface area contributed by atoms with Crippen LogP contribution in [0.3, 0.4) is 0 Å². The Balaban J connectivity index is 1.74. The monoisotopic (exact) mass is 447 g/mol. The second-order valence-electron chi connectivity index (χ2n) is 8.53. The molecule has 0 aliphatic heterocycles. The maximum atomic E-state index is 15.8. The van der Waals surface area contributed by atoms with Gasteiger partial charge in [0, 0.05) is 11.8 Å². The highest BCUT2D eigenvalue weighted by Gasteiger charge is 2.19. The Morgan fingerprint density at radius 3 is 1.65 bits per heavy atom. The Labute approximate surface area is 198 Å². The fraction of sp³-hybridized carbons (Fsp3) is 0.0645. The summed E-state index contributed by atoms with van der Waals surface area (Å²) >= 11 is 0. The first-order valence-corrected chi connectivity index (χ1v) is 11.2. The maximum absolute atomic E-state index is 15.8. The van der Waals surface area contributed by atoms with Crippen LogP contribution >= 0.6 is 0 Å².